The summed E-state index contributed by atoms with van der Waals surface area (Å²) in [6.45, 7) is 0. The van der Waals surface area contributed by atoms with Crippen molar-refractivity contribution in [2.75, 3.05) is 7.11 Å². The number of aryl methyl sites for hydroxylation is 1. The van der Waals surface area contributed by atoms with E-state index in [1.807, 2.05) is 5.43 Å². The Bertz CT molecular complexity index is 542. The molecule has 0 bridgehead atoms. The minimum Gasteiger partial charge on any atom is -0.504 e. The fourth-order valence-electron chi connectivity index (χ4n) is 1.50. The number of carboxylic acid groups (broad SMARTS) is 1. The molecule has 0 atom stereocenters. The summed E-state index contributed by atoms with van der Waals surface area (Å²) in [7, 11) is 1.37. The van der Waals surface area contributed by atoms with E-state index in [0.717, 1.165) is 0 Å². The number of benzene rings is 1. The van der Waals surface area contributed by atoms with Crippen LogP contribution >= 0.6 is 0 Å². The number of ether oxygens (including phenoxy) is 1. The Hall–Kier alpha value is -2.77. The standard InChI is InChI=1S/C12H15N3O5/c1-20-9-5-7(2-3-10(16)17)4-8(11(9)18)6-14-15-12(13)19/h4-6,18H,2-3H2,1H3,(H,16,17)(H3,13,15,19)/b14-6+. The van der Waals surface area contributed by atoms with Gasteiger partial charge in [-0.2, -0.15) is 5.10 Å². The van der Waals surface area contributed by atoms with Gasteiger partial charge in [-0.3, -0.25) is 4.79 Å². The molecule has 0 unspecified atom stereocenters. The molecule has 0 aliphatic heterocycles. The normalized spacial score (nSPS) is 10.4. The number of nitrogens with two attached hydrogens (primary N) is 1. The Kier molecular flexibility index (Phi) is 5.33. The third-order valence-electron chi connectivity index (χ3n) is 2.39. The average Bonchev–Trinajstić information content (AvgIpc) is 2.38. The van der Waals surface area contributed by atoms with Crippen molar-refractivity contribution in [1.29, 1.82) is 0 Å². The van der Waals surface area contributed by atoms with E-state index < -0.39 is 12.0 Å². The lowest BCUT2D eigenvalue weighted by Crippen LogP contribution is -2.24. The van der Waals surface area contributed by atoms with Gasteiger partial charge in [0.1, 0.15) is 0 Å². The summed E-state index contributed by atoms with van der Waals surface area (Å²) in [5.74, 6) is -0.905. The molecule has 0 aromatic heterocycles. The van der Waals surface area contributed by atoms with Crippen LogP contribution in [0.1, 0.15) is 17.5 Å². The van der Waals surface area contributed by atoms with E-state index in [4.69, 9.17) is 15.6 Å². The first kappa shape index (κ1) is 15.3. The summed E-state index contributed by atoms with van der Waals surface area (Å²) in [4.78, 5) is 21.0. The number of aromatic hydroxyl groups is 1. The lowest BCUT2D eigenvalue weighted by atomic mass is 10.1. The number of amides is 2. The Morgan fingerprint density at radius 1 is 1.50 bits per heavy atom. The minimum atomic E-state index is -0.928. The van der Waals surface area contributed by atoms with Crippen molar-refractivity contribution < 1.29 is 24.5 Å². The van der Waals surface area contributed by atoms with Crippen LogP contribution in [0.3, 0.4) is 0 Å². The second kappa shape index (κ2) is 6.98. The number of hydrogen-bond donors (Lipinski definition) is 4. The Labute approximate surface area is 114 Å². The predicted octanol–water partition coefficient (Wildman–Crippen LogP) is 0.420. The first-order valence-corrected chi connectivity index (χ1v) is 5.64. The van der Waals surface area contributed by atoms with Gasteiger partial charge in [0.25, 0.3) is 0 Å². The smallest absolute Gasteiger partial charge is 0.332 e. The third-order valence-corrected chi connectivity index (χ3v) is 2.39. The van der Waals surface area contributed by atoms with Gasteiger partial charge >= 0.3 is 12.0 Å². The fourth-order valence-corrected chi connectivity index (χ4v) is 1.50. The van der Waals surface area contributed by atoms with E-state index in [-0.39, 0.29) is 29.9 Å². The molecule has 8 heteroatoms. The molecule has 108 valence electrons. The van der Waals surface area contributed by atoms with Crippen LogP contribution in [0.2, 0.25) is 0 Å². The van der Waals surface area contributed by atoms with Crippen LogP contribution in [0.25, 0.3) is 0 Å². The van der Waals surface area contributed by atoms with Gasteiger partial charge in [0.15, 0.2) is 11.5 Å². The summed E-state index contributed by atoms with van der Waals surface area (Å²) in [5, 5.41) is 22.1. The number of aliphatic carboxylic acids is 1. The van der Waals surface area contributed by atoms with Crippen molar-refractivity contribution >= 4 is 18.2 Å². The highest BCUT2D eigenvalue weighted by molar-refractivity contribution is 5.86. The monoisotopic (exact) mass is 281 g/mol. The molecular formula is C12H15N3O5. The molecule has 2 amide bonds. The molecule has 0 saturated carbocycles. The molecule has 0 fully saturated rings. The zero-order valence-corrected chi connectivity index (χ0v) is 10.8. The van der Waals surface area contributed by atoms with Gasteiger partial charge in [-0.25, -0.2) is 10.2 Å². The summed E-state index contributed by atoms with van der Waals surface area (Å²) in [6, 6.07) is 2.25. The Morgan fingerprint density at radius 2 is 2.20 bits per heavy atom. The van der Waals surface area contributed by atoms with Crippen LogP contribution < -0.4 is 15.9 Å². The Balaban J connectivity index is 3.01. The lowest BCUT2D eigenvalue weighted by molar-refractivity contribution is -0.136. The number of carboxylic acids is 1. The third kappa shape index (κ3) is 4.48. The minimum absolute atomic E-state index is 0.0515. The number of urea groups is 1. The molecule has 0 heterocycles. The first-order valence-electron chi connectivity index (χ1n) is 5.64. The highest BCUT2D eigenvalue weighted by Crippen LogP contribution is 2.30. The summed E-state index contributed by atoms with van der Waals surface area (Å²) < 4.78 is 4.99. The van der Waals surface area contributed by atoms with Crippen LogP contribution in [0.15, 0.2) is 17.2 Å². The van der Waals surface area contributed by atoms with E-state index in [1.54, 1.807) is 6.07 Å². The maximum atomic E-state index is 10.6. The van der Waals surface area contributed by atoms with Gasteiger partial charge in [-0.15, -0.1) is 0 Å². The summed E-state index contributed by atoms with van der Waals surface area (Å²) >= 11 is 0. The quantitative estimate of drug-likeness (QED) is 0.443. The highest BCUT2D eigenvalue weighted by Gasteiger charge is 2.10. The number of carbonyl (C=O) groups is 2. The maximum Gasteiger partial charge on any atom is 0.332 e. The van der Waals surface area contributed by atoms with E-state index in [9.17, 15) is 14.7 Å². The lowest BCUT2D eigenvalue weighted by Gasteiger charge is -2.09. The topological polar surface area (TPSA) is 134 Å². The number of nitrogens with one attached hydrogen (secondary N) is 1. The molecule has 0 aliphatic carbocycles. The number of nitrogens with zero attached hydrogens (tertiary/aromatic N) is 1. The predicted molar refractivity (Wildman–Crippen MR) is 70.9 cm³/mol. The molecule has 0 spiro atoms. The number of hydrogen-bond acceptors (Lipinski definition) is 5. The van der Waals surface area contributed by atoms with Crippen molar-refractivity contribution in [2.24, 2.45) is 10.8 Å². The molecule has 1 aromatic carbocycles. The van der Waals surface area contributed by atoms with Gasteiger partial charge in [0.05, 0.1) is 13.3 Å². The number of carbonyl (C=O) groups excluding carboxylic acids is 1. The van der Waals surface area contributed by atoms with Crippen LogP contribution in [-0.4, -0.2) is 35.5 Å². The van der Waals surface area contributed by atoms with Crippen LogP contribution in [0, 0.1) is 0 Å². The summed E-state index contributed by atoms with van der Waals surface area (Å²) in [5.41, 5.74) is 7.77. The SMILES string of the molecule is COc1cc(CCC(=O)O)cc(/C=N/NC(N)=O)c1O. The van der Waals surface area contributed by atoms with Crippen molar-refractivity contribution in [3.8, 4) is 11.5 Å². The van der Waals surface area contributed by atoms with Crippen molar-refractivity contribution in [2.45, 2.75) is 12.8 Å². The fraction of sp³-hybridized carbons (Fsp3) is 0.250. The zero-order chi connectivity index (χ0) is 15.1. The molecular weight excluding hydrogens is 266 g/mol. The average molecular weight is 281 g/mol. The molecule has 20 heavy (non-hydrogen) atoms. The second-order valence-electron chi connectivity index (χ2n) is 3.86. The molecule has 0 aliphatic rings. The molecule has 5 N–H and O–H groups in total. The maximum absolute atomic E-state index is 10.6. The summed E-state index contributed by atoms with van der Waals surface area (Å²) in [6.07, 6.45) is 1.41. The number of methoxy groups -OCH3 is 1. The van der Waals surface area contributed by atoms with E-state index in [2.05, 4.69) is 5.10 Å². The molecule has 1 rings (SSSR count). The molecule has 1 aromatic rings. The number of hydrazone groups is 1. The molecule has 0 radical (unpaired) electrons. The van der Waals surface area contributed by atoms with Gasteiger partial charge in [0, 0.05) is 12.0 Å². The highest BCUT2D eigenvalue weighted by atomic mass is 16.5. The second-order valence-corrected chi connectivity index (χ2v) is 3.86. The first-order chi connectivity index (χ1) is 9.43. The van der Waals surface area contributed by atoms with Gasteiger partial charge < -0.3 is 20.7 Å². The molecule has 0 saturated heterocycles. The van der Waals surface area contributed by atoms with Gasteiger partial charge in [-0.05, 0) is 24.1 Å². The number of rotatable bonds is 6. The van der Waals surface area contributed by atoms with Crippen LogP contribution in [-0.2, 0) is 11.2 Å². The number of phenolic OH excluding ortho intramolecular Hbond substituents is 1. The van der Waals surface area contributed by atoms with E-state index in [1.165, 1.54) is 19.4 Å². The van der Waals surface area contributed by atoms with E-state index in [0.29, 0.717) is 5.56 Å². The van der Waals surface area contributed by atoms with Gasteiger partial charge in [-0.1, -0.05) is 0 Å². The largest absolute Gasteiger partial charge is 0.504 e. The van der Waals surface area contributed by atoms with Crippen molar-refractivity contribution in [3.63, 3.8) is 0 Å². The van der Waals surface area contributed by atoms with Crippen molar-refractivity contribution in [1.82, 2.24) is 5.43 Å². The number of phenols is 1. The zero-order valence-electron chi connectivity index (χ0n) is 10.8. The van der Waals surface area contributed by atoms with E-state index >= 15 is 0 Å². The number of primary amides is 1. The van der Waals surface area contributed by atoms with Crippen molar-refractivity contribution in [3.05, 3.63) is 23.3 Å². The van der Waals surface area contributed by atoms with Gasteiger partial charge in [0.2, 0.25) is 0 Å². The molecule has 8 nitrogen and oxygen atoms in total. The Morgan fingerprint density at radius 3 is 2.75 bits per heavy atom. The van der Waals surface area contributed by atoms with Crippen LogP contribution in [0.5, 0.6) is 11.5 Å². The van der Waals surface area contributed by atoms with Crippen LogP contribution in [0.4, 0.5) is 4.79 Å².